The van der Waals surface area contributed by atoms with Gasteiger partial charge in [0.1, 0.15) is 24.0 Å². The fourth-order valence-electron chi connectivity index (χ4n) is 3.99. The van der Waals surface area contributed by atoms with Crippen LogP contribution >= 0.6 is 11.3 Å². The largest absolute Gasteiger partial charge is 0.470 e. The second-order valence-corrected chi connectivity index (χ2v) is 8.13. The highest BCUT2D eigenvalue weighted by molar-refractivity contribution is 7.16. The van der Waals surface area contributed by atoms with Gasteiger partial charge in [0.05, 0.1) is 40.0 Å². The molecule has 4 atom stereocenters. The molecular weight excluding hydrogens is 397 g/mol. The third-order valence-corrected chi connectivity index (χ3v) is 6.21. The van der Waals surface area contributed by atoms with Gasteiger partial charge in [-0.2, -0.15) is 0 Å². The van der Waals surface area contributed by atoms with E-state index in [1.54, 1.807) is 22.9 Å². The number of benzene rings is 1. The maximum Gasteiger partial charge on any atom is 0.193 e. The summed E-state index contributed by atoms with van der Waals surface area (Å²) in [6, 6.07) is 8.76. The first-order chi connectivity index (χ1) is 14.2. The van der Waals surface area contributed by atoms with Crippen molar-refractivity contribution in [2.24, 2.45) is 0 Å². The van der Waals surface area contributed by atoms with Crippen molar-refractivity contribution in [2.45, 2.75) is 24.4 Å². The average Bonchev–Trinajstić information content (AvgIpc) is 3.47. The SMILES string of the molecule is O[C@@H]1CO[C@H]2[C@@H]1OC[C@H]2Oc1cc2nc(-c3ccc4scnc4c3)c(F)cc2[nH]1. The van der Waals surface area contributed by atoms with Crippen LogP contribution in [0.1, 0.15) is 0 Å². The summed E-state index contributed by atoms with van der Waals surface area (Å²) in [4.78, 5) is 11.8. The molecule has 2 aliphatic rings. The number of pyridine rings is 1. The van der Waals surface area contributed by atoms with E-state index in [-0.39, 0.29) is 30.6 Å². The number of nitrogens with one attached hydrogen (secondary N) is 1. The van der Waals surface area contributed by atoms with E-state index >= 15 is 0 Å². The fraction of sp³-hybridized carbons (Fsp3) is 0.300. The average molecular weight is 413 g/mol. The van der Waals surface area contributed by atoms with Gasteiger partial charge in [-0.1, -0.05) is 6.07 Å². The summed E-state index contributed by atoms with van der Waals surface area (Å²) in [5.41, 5.74) is 4.66. The Balaban J connectivity index is 1.32. The Kier molecular flexibility index (Phi) is 3.85. The van der Waals surface area contributed by atoms with E-state index in [1.165, 1.54) is 6.07 Å². The van der Waals surface area contributed by atoms with Gasteiger partial charge in [-0.15, -0.1) is 11.3 Å². The quantitative estimate of drug-likeness (QED) is 0.537. The number of nitrogens with zero attached hydrogens (tertiary/aromatic N) is 2. The molecule has 2 N–H and O–H groups in total. The number of hydrogen-bond donors (Lipinski definition) is 2. The van der Waals surface area contributed by atoms with Gasteiger partial charge in [-0.05, 0) is 12.1 Å². The molecule has 0 radical (unpaired) electrons. The highest BCUT2D eigenvalue weighted by Crippen LogP contribution is 2.32. The molecule has 29 heavy (non-hydrogen) atoms. The number of fused-ring (bicyclic) bond motifs is 3. The lowest BCUT2D eigenvalue weighted by molar-refractivity contribution is 0.00794. The molecule has 2 fully saturated rings. The molecule has 6 rings (SSSR count). The summed E-state index contributed by atoms with van der Waals surface area (Å²) >= 11 is 1.54. The lowest BCUT2D eigenvalue weighted by Gasteiger charge is -2.16. The first-order valence-electron chi connectivity index (χ1n) is 9.26. The molecule has 2 aliphatic heterocycles. The summed E-state index contributed by atoms with van der Waals surface area (Å²) in [6.07, 6.45) is -1.67. The van der Waals surface area contributed by atoms with Gasteiger partial charge in [0.15, 0.2) is 17.8 Å². The molecule has 3 aromatic heterocycles. The number of ether oxygens (including phenoxy) is 3. The molecule has 0 amide bonds. The van der Waals surface area contributed by atoms with Crippen molar-refractivity contribution in [3.05, 3.63) is 41.7 Å². The summed E-state index contributed by atoms with van der Waals surface area (Å²) in [5.74, 6) is 0.0326. The zero-order valence-electron chi connectivity index (χ0n) is 15.0. The summed E-state index contributed by atoms with van der Waals surface area (Å²) in [6.45, 7) is 0.559. The van der Waals surface area contributed by atoms with Crippen LogP contribution in [0.4, 0.5) is 4.39 Å². The van der Waals surface area contributed by atoms with Crippen LogP contribution in [0, 0.1) is 5.82 Å². The van der Waals surface area contributed by atoms with Crippen molar-refractivity contribution in [3.8, 4) is 17.1 Å². The Morgan fingerprint density at radius 2 is 2.03 bits per heavy atom. The molecule has 0 spiro atoms. The van der Waals surface area contributed by atoms with E-state index in [0.29, 0.717) is 29.1 Å². The number of halogens is 1. The number of hydrogen-bond acceptors (Lipinski definition) is 7. The zero-order valence-corrected chi connectivity index (χ0v) is 15.9. The number of aliphatic hydroxyl groups is 1. The second-order valence-electron chi connectivity index (χ2n) is 7.24. The minimum absolute atomic E-state index is 0.237. The molecule has 0 unspecified atom stereocenters. The molecule has 148 valence electrons. The highest BCUT2D eigenvalue weighted by atomic mass is 32.1. The number of aliphatic hydroxyl groups excluding tert-OH is 1. The molecule has 9 heteroatoms. The van der Waals surface area contributed by atoms with E-state index in [2.05, 4.69) is 15.0 Å². The second kappa shape index (κ2) is 6.46. The molecule has 0 saturated carbocycles. The van der Waals surface area contributed by atoms with Crippen LogP contribution in [0.2, 0.25) is 0 Å². The lowest BCUT2D eigenvalue weighted by atomic mass is 10.1. The highest BCUT2D eigenvalue weighted by Gasteiger charge is 2.48. The van der Waals surface area contributed by atoms with Crippen molar-refractivity contribution in [1.82, 2.24) is 15.0 Å². The Hall–Kier alpha value is -2.59. The Bertz CT molecular complexity index is 1230. The third kappa shape index (κ3) is 2.81. The summed E-state index contributed by atoms with van der Waals surface area (Å²) in [7, 11) is 0. The van der Waals surface area contributed by atoms with Gasteiger partial charge in [0.25, 0.3) is 0 Å². The molecule has 4 aromatic rings. The number of H-pyrrole nitrogens is 1. The van der Waals surface area contributed by atoms with Gasteiger partial charge in [0, 0.05) is 17.7 Å². The van der Waals surface area contributed by atoms with Crippen molar-refractivity contribution in [2.75, 3.05) is 13.2 Å². The number of rotatable bonds is 3. The van der Waals surface area contributed by atoms with Crippen LogP contribution in [0.25, 0.3) is 32.5 Å². The standard InChI is InChI=1S/C20H16FN3O4S/c21-10-4-11-12(24-18(10)9-1-2-16-13(3-9)22-8-29-16)5-17(23-11)28-15-7-27-19-14(25)6-26-20(15)19/h1-5,8,14-15,19-20,23,25H,6-7H2/t14-,15-,19-,20-/m1/s1. The monoisotopic (exact) mass is 413 g/mol. The van der Waals surface area contributed by atoms with E-state index in [1.807, 2.05) is 18.2 Å². The van der Waals surface area contributed by atoms with Gasteiger partial charge in [-0.3, -0.25) is 0 Å². The third-order valence-electron chi connectivity index (χ3n) is 5.40. The van der Waals surface area contributed by atoms with Crippen LogP contribution in [0.3, 0.4) is 0 Å². The smallest absolute Gasteiger partial charge is 0.193 e. The Morgan fingerprint density at radius 1 is 1.14 bits per heavy atom. The minimum atomic E-state index is -0.635. The normalized spacial score (nSPS) is 26.4. The van der Waals surface area contributed by atoms with Gasteiger partial charge >= 0.3 is 0 Å². The topological polar surface area (TPSA) is 89.5 Å². The van der Waals surface area contributed by atoms with Crippen LogP contribution in [-0.4, -0.2) is 57.7 Å². The van der Waals surface area contributed by atoms with Crippen LogP contribution in [-0.2, 0) is 9.47 Å². The van der Waals surface area contributed by atoms with E-state index < -0.39 is 11.9 Å². The fourth-order valence-corrected chi connectivity index (χ4v) is 4.64. The molecular formula is C20H16FN3O4S. The van der Waals surface area contributed by atoms with Crippen molar-refractivity contribution in [1.29, 1.82) is 0 Å². The van der Waals surface area contributed by atoms with E-state index in [4.69, 9.17) is 14.2 Å². The predicted octanol–water partition coefficient (Wildman–Crippen LogP) is 2.88. The van der Waals surface area contributed by atoms with Crippen LogP contribution in [0.5, 0.6) is 5.88 Å². The lowest BCUT2D eigenvalue weighted by Crippen LogP contribution is -2.34. The maximum atomic E-state index is 14.8. The van der Waals surface area contributed by atoms with Crippen LogP contribution in [0.15, 0.2) is 35.8 Å². The van der Waals surface area contributed by atoms with Gasteiger partial charge < -0.3 is 24.3 Å². The Morgan fingerprint density at radius 3 is 2.97 bits per heavy atom. The van der Waals surface area contributed by atoms with Crippen molar-refractivity contribution < 1.29 is 23.7 Å². The molecule has 7 nitrogen and oxygen atoms in total. The maximum absolute atomic E-state index is 14.8. The Labute approximate surface area is 168 Å². The molecule has 0 aliphatic carbocycles. The number of aromatic amines is 1. The first kappa shape index (κ1) is 17.3. The van der Waals surface area contributed by atoms with Gasteiger partial charge in [-0.25, -0.2) is 14.4 Å². The van der Waals surface area contributed by atoms with Gasteiger partial charge in [0.2, 0.25) is 0 Å². The van der Waals surface area contributed by atoms with E-state index in [9.17, 15) is 9.50 Å². The molecule has 5 heterocycles. The summed E-state index contributed by atoms with van der Waals surface area (Å²) < 4.78 is 32.9. The molecule has 1 aromatic carbocycles. The summed E-state index contributed by atoms with van der Waals surface area (Å²) in [5, 5.41) is 9.85. The predicted molar refractivity (Wildman–Crippen MR) is 105 cm³/mol. The number of thiazole rings is 1. The van der Waals surface area contributed by atoms with Crippen molar-refractivity contribution in [3.63, 3.8) is 0 Å². The molecule has 2 saturated heterocycles. The number of aromatic nitrogens is 3. The minimum Gasteiger partial charge on any atom is -0.470 e. The van der Waals surface area contributed by atoms with E-state index in [0.717, 1.165) is 10.2 Å². The van der Waals surface area contributed by atoms with Crippen LogP contribution < -0.4 is 4.74 Å². The van der Waals surface area contributed by atoms with Crippen molar-refractivity contribution >= 4 is 32.6 Å². The molecule has 0 bridgehead atoms. The first-order valence-corrected chi connectivity index (χ1v) is 10.1. The zero-order chi connectivity index (χ0) is 19.5.